The van der Waals surface area contributed by atoms with Crippen LogP contribution in [-0.2, 0) is 6.54 Å². The molecule has 1 aromatic rings. The molecule has 1 heterocycles. The summed E-state index contributed by atoms with van der Waals surface area (Å²) in [6, 6.07) is 4.60. The molecule has 1 aliphatic heterocycles. The third-order valence-electron chi connectivity index (χ3n) is 4.92. The fourth-order valence-corrected chi connectivity index (χ4v) is 3.90. The van der Waals surface area contributed by atoms with Gasteiger partial charge in [0, 0.05) is 30.6 Å². The van der Waals surface area contributed by atoms with Gasteiger partial charge in [0.15, 0.2) is 0 Å². The molecular weight excluding hydrogens is 277 g/mol. The SMILES string of the molecule is OC12CCCCC1CN(Cc1ccc(F)cc1Cl)CC2. The first-order valence-corrected chi connectivity index (χ1v) is 7.83. The van der Waals surface area contributed by atoms with Gasteiger partial charge in [0.25, 0.3) is 0 Å². The lowest BCUT2D eigenvalue weighted by atomic mass is 9.71. The number of halogens is 2. The Balaban J connectivity index is 1.67. The topological polar surface area (TPSA) is 23.5 Å². The summed E-state index contributed by atoms with van der Waals surface area (Å²) < 4.78 is 13.1. The van der Waals surface area contributed by atoms with Crippen molar-refractivity contribution < 1.29 is 9.50 Å². The molecule has 2 fully saturated rings. The van der Waals surface area contributed by atoms with Crippen molar-refractivity contribution in [1.29, 1.82) is 0 Å². The number of nitrogens with zero attached hydrogens (tertiary/aromatic N) is 1. The highest BCUT2D eigenvalue weighted by molar-refractivity contribution is 6.31. The minimum atomic E-state index is -0.443. The second-order valence-corrected chi connectivity index (χ2v) is 6.67. The summed E-state index contributed by atoms with van der Waals surface area (Å²) in [5.41, 5.74) is 0.524. The molecule has 0 spiro atoms. The Morgan fingerprint density at radius 2 is 2.20 bits per heavy atom. The first-order valence-electron chi connectivity index (χ1n) is 7.45. The zero-order valence-electron chi connectivity index (χ0n) is 11.6. The molecule has 1 saturated heterocycles. The fourth-order valence-electron chi connectivity index (χ4n) is 3.67. The molecular formula is C16H21ClFNO. The van der Waals surface area contributed by atoms with Crippen LogP contribution in [0.4, 0.5) is 4.39 Å². The van der Waals surface area contributed by atoms with Crippen molar-refractivity contribution in [3.05, 3.63) is 34.6 Å². The molecule has 4 heteroatoms. The Morgan fingerprint density at radius 3 is 3.00 bits per heavy atom. The highest BCUT2D eigenvalue weighted by Gasteiger charge is 2.42. The second kappa shape index (κ2) is 5.63. The van der Waals surface area contributed by atoms with E-state index in [1.165, 1.54) is 18.6 Å². The van der Waals surface area contributed by atoms with E-state index in [0.717, 1.165) is 50.9 Å². The molecule has 1 aromatic carbocycles. The minimum absolute atomic E-state index is 0.293. The molecule has 0 aromatic heterocycles. The number of hydrogen-bond donors (Lipinski definition) is 1. The molecule has 3 rings (SSSR count). The van der Waals surface area contributed by atoms with Crippen LogP contribution in [0, 0.1) is 11.7 Å². The first kappa shape index (κ1) is 14.3. The highest BCUT2D eigenvalue weighted by atomic mass is 35.5. The van der Waals surface area contributed by atoms with E-state index < -0.39 is 5.60 Å². The van der Waals surface area contributed by atoms with Crippen molar-refractivity contribution in [2.75, 3.05) is 13.1 Å². The van der Waals surface area contributed by atoms with Crippen LogP contribution in [0.1, 0.15) is 37.7 Å². The zero-order chi connectivity index (χ0) is 14.2. The maximum Gasteiger partial charge on any atom is 0.124 e. The van der Waals surface area contributed by atoms with Crippen molar-refractivity contribution in [2.45, 2.75) is 44.2 Å². The van der Waals surface area contributed by atoms with Gasteiger partial charge >= 0.3 is 0 Å². The lowest BCUT2D eigenvalue weighted by Crippen LogP contribution is -2.52. The van der Waals surface area contributed by atoms with Crippen LogP contribution in [0.5, 0.6) is 0 Å². The summed E-state index contributed by atoms with van der Waals surface area (Å²) in [6.07, 6.45) is 5.28. The van der Waals surface area contributed by atoms with Crippen molar-refractivity contribution in [3.63, 3.8) is 0 Å². The molecule has 1 aliphatic carbocycles. The second-order valence-electron chi connectivity index (χ2n) is 6.27. The number of rotatable bonds is 2. The average Bonchev–Trinajstić information content (AvgIpc) is 2.42. The summed E-state index contributed by atoms with van der Waals surface area (Å²) >= 11 is 6.10. The molecule has 2 aliphatic rings. The number of likely N-dealkylation sites (tertiary alicyclic amines) is 1. The van der Waals surface area contributed by atoms with Gasteiger partial charge in [-0.2, -0.15) is 0 Å². The summed E-state index contributed by atoms with van der Waals surface area (Å²) in [7, 11) is 0. The zero-order valence-corrected chi connectivity index (χ0v) is 12.4. The summed E-state index contributed by atoms with van der Waals surface area (Å²) in [5.74, 6) is 0.0864. The number of benzene rings is 1. The lowest BCUT2D eigenvalue weighted by Gasteiger charge is -2.47. The maximum absolute atomic E-state index is 13.1. The van der Waals surface area contributed by atoms with E-state index in [0.29, 0.717) is 10.9 Å². The van der Waals surface area contributed by atoms with Crippen LogP contribution >= 0.6 is 11.6 Å². The number of hydrogen-bond acceptors (Lipinski definition) is 2. The van der Waals surface area contributed by atoms with E-state index >= 15 is 0 Å². The Morgan fingerprint density at radius 1 is 1.35 bits per heavy atom. The quantitative estimate of drug-likeness (QED) is 0.901. The van der Waals surface area contributed by atoms with E-state index in [1.807, 2.05) is 0 Å². The monoisotopic (exact) mass is 297 g/mol. The third kappa shape index (κ3) is 2.85. The fraction of sp³-hybridized carbons (Fsp3) is 0.625. The highest BCUT2D eigenvalue weighted by Crippen LogP contribution is 2.40. The predicted octanol–water partition coefficient (Wildman–Crippen LogP) is 3.61. The number of piperidine rings is 1. The largest absolute Gasteiger partial charge is 0.390 e. The van der Waals surface area contributed by atoms with Crippen molar-refractivity contribution in [3.8, 4) is 0 Å². The van der Waals surface area contributed by atoms with Crippen LogP contribution < -0.4 is 0 Å². The normalized spacial score (nSPS) is 31.1. The standard InChI is InChI=1S/C16H21ClFNO/c17-15-9-14(18)5-4-12(15)10-19-8-7-16(20)6-2-1-3-13(16)11-19/h4-5,9,13,20H,1-3,6-8,10-11H2. The number of fused-ring (bicyclic) bond motifs is 1. The first-order chi connectivity index (χ1) is 9.57. The molecule has 20 heavy (non-hydrogen) atoms. The van der Waals surface area contributed by atoms with Gasteiger partial charge in [0.05, 0.1) is 5.60 Å². The van der Waals surface area contributed by atoms with E-state index in [1.54, 1.807) is 6.07 Å². The molecule has 2 nitrogen and oxygen atoms in total. The van der Waals surface area contributed by atoms with Gasteiger partial charge < -0.3 is 5.11 Å². The van der Waals surface area contributed by atoms with E-state index in [4.69, 9.17) is 11.6 Å². The molecule has 2 atom stereocenters. The maximum atomic E-state index is 13.1. The third-order valence-corrected chi connectivity index (χ3v) is 5.27. The summed E-state index contributed by atoms with van der Waals surface area (Å²) in [5, 5.41) is 11.2. The molecule has 0 radical (unpaired) electrons. The van der Waals surface area contributed by atoms with Gasteiger partial charge in [-0.1, -0.05) is 30.5 Å². The molecule has 0 amide bonds. The van der Waals surface area contributed by atoms with Crippen LogP contribution in [0.3, 0.4) is 0 Å². The minimum Gasteiger partial charge on any atom is -0.390 e. The van der Waals surface area contributed by atoms with Crippen molar-refractivity contribution >= 4 is 11.6 Å². The Hall–Kier alpha value is -0.640. The smallest absolute Gasteiger partial charge is 0.124 e. The molecule has 2 unspecified atom stereocenters. The van der Waals surface area contributed by atoms with E-state index in [2.05, 4.69) is 4.90 Å². The van der Waals surface area contributed by atoms with Gasteiger partial charge in [-0.25, -0.2) is 4.39 Å². The Bertz CT molecular complexity index is 495. The van der Waals surface area contributed by atoms with Crippen LogP contribution in [0.2, 0.25) is 5.02 Å². The van der Waals surface area contributed by atoms with Gasteiger partial charge in [-0.3, -0.25) is 4.90 Å². The van der Waals surface area contributed by atoms with Gasteiger partial charge in [0.1, 0.15) is 5.82 Å². The molecule has 110 valence electrons. The Labute approximate surface area is 124 Å². The van der Waals surface area contributed by atoms with E-state index in [9.17, 15) is 9.50 Å². The Kier molecular flexibility index (Phi) is 4.02. The van der Waals surface area contributed by atoms with Crippen LogP contribution in [0.25, 0.3) is 0 Å². The van der Waals surface area contributed by atoms with Crippen molar-refractivity contribution in [1.82, 2.24) is 4.90 Å². The van der Waals surface area contributed by atoms with Gasteiger partial charge in [-0.15, -0.1) is 0 Å². The molecule has 1 saturated carbocycles. The van der Waals surface area contributed by atoms with Crippen molar-refractivity contribution in [2.24, 2.45) is 5.92 Å². The van der Waals surface area contributed by atoms with Gasteiger partial charge in [-0.05, 0) is 37.0 Å². The van der Waals surface area contributed by atoms with Gasteiger partial charge in [0.2, 0.25) is 0 Å². The summed E-state index contributed by atoms with van der Waals surface area (Å²) in [6.45, 7) is 2.55. The average molecular weight is 298 g/mol. The molecule has 1 N–H and O–H groups in total. The predicted molar refractivity (Wildman–Crippen MR) is 78.2 cm³/mol. The molecule has 0 bridgehead atoms. The van der Waals surface area contributed by atoms with Crippen LogP contribution in [0.15, 0.2) is 18.2 Å². The lowest BCUT2D eigenvalue weighted by molar-refractivity contribution is -0.0967. The number of aliphatic hydroxyl groups is 1. The summed E-state index contributed by atoms with van der Waals surface area (Å²) in [4.78, 5) is 2.34. The van der Waals surface area contributed by atoms with E-state index in [-0.39, 0.29) is 5.82 Å². The van der Waals surface area contributed by atoms with Crippen LogP contribution in [-0.4, -0.2) is 28.7 Å².